The molecular formula is C18H18N2O2. The molecule has 1 fully saturated rings. The van der Waals surface area contributed by atoms with Gasteiger partial charge in [0.2, 0.25) is 0 Å². The summed E-state index contributed by atoms with van der Waals surface area (Å²) in [5.74, 6) is 0.682. The van der Waals surface area contributed by atoms with E-state index in [9.17, 15) is 10.1 Å². The second kappa shape index (κ2) is 5.69. The fraction of sp³-hybridized carbons (Fsp3) is 0.333. The molecule has 0 aliphatic heterocycles. The maximum Gasteiger partial charge on any atom is 0.259 e. The molecule has 0 saturated heterocycles. The lowest BCUT2D eigenvalue weighted by molar-refractivity contribution is -0.124. The van der Waals surface area contributed by atoms with Crippen LogP contribution in [0.3, 0.4) is 0 Å². The molecule has 0 aromatic heterocycles. The monoisotopic (exact) mass is 294 g/mol. The SMILES string of the molecule is C[C@](C#N)(NC(=O)COc1cccc2ccccc12)C1CC1. The molecule has 3 rings (SSSR count). The van der Waals surface area contributed by atoms with Gasteiger partial charge in [-0.05, 0) is 37.1 Å². The molecule has 1 atom stereocenters. The van der Waals surface area contributed by atoms with Crippen molar-refractivity contribution in [1.82, 2.24) is 5.32 Å². The topological polar surface area (TPSA) is 62.1 Å². The van der Waals surface area contributed by atoms with Crippen LogP contribution in [0.1, 0.15) is 19.8 Å². The fourth-order valence-electron chi connectivity index (χ4n) is 2.67. The average Bonchev–Trinajstić information content (AvgIpc) is 3.38. The quantitative estimate of drug-likeness (QED) is 0.922. The highest BCUT2D eigenvalue weighted by molar-refractivity contribution is 5.88. The fourth-order valence-corrected chi connectivity index (χ4v) is 2.67. The van der Waals surface area contributed by atoms with E-state index in [-0.39, 0.29) is 18.4 Å². The molecule has 2 aromatic rings. The van der Waals surface area contributed by atoms with Gasteiger partial charge >= 0.3 is 0 Å². The lowest BCUT2D eigenvalue weighted by Crippen LogP contribution is -2.48. The minimum atomic E-state index is -0.779. The number of nitrogens with one attached hydrogen (secondary N) is 1. The number of amides is 1. The molecule has 1 saturated carbocycles. The number of carbonyl (C=O) groups excluding carboxylic acids is 1. The molecule has 1 aliphatic rings. The van der Waals surface area contributed by atoms with Crippen LogP contribution in [0.5, 0.6) is 5.75 Å². The van der Waals surface area contributed by atoms with Crippen molar-refractivity contribution in [2.24, 2.45) is 5.92 Å². The number of nitrogens with zero attached hydrogens (tertiary/aromatic N) is 1. The second-order valence-corrected chi connectivity index (χ2v) is 5.90. The van der Waals surface area contributed by atoms with E-state index in [2.05, 4.69) is 11.4 Å². The lowest BCUT2D eigenvalue weighted by Gasteiger charge is -2.22. The molecule has 0 heterocycles. The molecule has 0 bridgehead atoms. The minimum absolute atomic E-state index is 0.0853. The Morgan fingerprint density at radius 2 is 2.05 bits per heavy atom. The van der Waals surface area contributed by atoms with Crippen LogP contribution in [0.15, 0.2) is 42.5 Å². The summed E-state index contributed by atoms with van der Waals surface area (Å²) in [5, 5.41) is 14.1. The number of ether oxygens (including phenoxy) is 1. The molecule has 22 heavy (non-hydrogen) atoms. The Hall–Kier alpha value is -2.54. The summed E-state index contributed by atoms with van der Waals surface area (Å²) < 4.78 is 5.65. The molecule has 0 spiro atoms. The Morgan fingerprint density at radius 3 is 2.77 bits per heavy atom. The van der Waals surface area contributed by atoms with Gasteiger partial charge in [-0.3, -0.25) is 4.79 Å². The van der Waals surface area contributed by atoms with Gasteiger partial charge in [0.25, 0.3) is 5.91 Å². The van der Waals surface area contributed by atoms with Crippen molar-refractivity contribution in [2.75, 3.05) is 6.61 Å². The van der Waals surface area contributed by atoms with Crippen LogP contribution in [-0.4, -0.2) is 18.1 Å². The summed E-state index contributed by atoms with van der Waals surface area (Å²) >= 11 is 0. The molecular weight excluding hydrogens is 276 g/mol. The Morgan fingerprint density at radius 1 is 1.32 bits per heavy atom. The van der Waals surface area contributed by atoms with E-state index < -0.39 is 5.54 Å². The molecule has 2 aromatic carbocycles. The van der Waals surface area contributed by atoms with Gasteiger partial charge in [-0.25, -0.2) is 0 Å². The van der Waals surface area contributed by atoms with Crippen molar-refractivity contribution >= 4 is 16.7 Å². The van der Waals surface area contributed by atoms with E-state index >= 15 is 0 Å². The van der Waals surface area contributed by atoms with E-state index in [1.807, 2.05) is 42.5 Å². The Kier molecular flexibility index (Phi) is 3.72. The summed E-state index contributed by atoms with van der Waals surface area (Å²) in [7, 11) is 0. The number of benzene rings is 2. The first-order valence-corrected chi connectivity index (χ1v) is 7.45. The largest absolute Gasteiger partial charge is 0.483 e. The van der Waals surface area contributed by atoms with Crippen LogP contribution >= 0.6 is 0 Å². The highest BCUT2D eigenvalue weighted by atomic mass is 16.5. The highest BCUT2D eigenvalue weighted by Gasteiger charge is 2.43. The predicted octanol–water partition coefficient (Wildman–Crippen LogP) is 3.03. The Labute approximate surface area is 129 Å². The summed E-state index contributed by atoms with van der Waals surface area (Å²) in [6, 6.07) is 15.8. The van der Waals surface area contributed by atoms with E-state index in [1.54, 1.807) is 6.92 Å². The third kappa shape index (κ3) is 2.89. The van der Waals surface area contributed by atoms with Crippen molar-refractivity contribution in [3.63, 3.8) is 0 Å². The summed E-state index contributed by atoms with van der Waals surface area (Å²) in [5.41, 5.74) is -0.779. The number of rotatable bonds is 5. The zero-order valence-corrected chi connectivity index (χ0v) is 12.5. The van der Waals surface area contributed by atoms with Crippen molar-refractivity contribution in [3.05, 3.63) is 42.5 Å². The van der Waals surface area contributed by atoms with Crippen LogP contribution in [-0.2, 0) is 4.79 Å². The second-order valence-electron chi connectivity index (χ2n) is 5.90. The predicted molar refractivity (Wildman–Crippen MR) is 84.3 cm³/mol. The lowest BCUT2D eigenvalue weighted by atomic mass is 9.98. The van der Waals surface area contributed by atoms with Crippen LogP contribution in [0.25, 0.3) is 10.8 Å². The van der Waals surface area contributed by atoms with Crippen LogP contribution in [0, 0.1) is 17.2 Å². The zero-order valence-electron chi connectivity index (χ0n) is 12.5. The van der Waals surface area contributed by atoms with Crippen molar-refractivity contribution in [3.8, 4) is 11.8 Å². The Balaban J connectivity index is 1.67. The normalized spacial score (nSPS) is 16.5. The first-order valence-electron chi connectivity index (χ1n) is 7.45. The van der Waals surface area contributed by atoms with Crippen LogP contribution in [0.2, 0.25) is 0 Å². The summed E-state index contributed by atoms with van der Waals surface area (Å²) in [6.45, 7) is 1.69. The van der Waals surface area contributed by atoms with Gasteiger partial charge in [-0.1, -0.05) is 36.4 Å². The number of hydrogen-bond donors (Lipinski definition) is 1. The first-order chi connectivity index (χ1) is 10.6. The molecule has 0 unspecified atom stereocenters. The van der Waals surface area contributed by atoms with Gasteiger partial charge < -0.3 is 10.1 Å². The maximum absolute atomic E-state index is 12.1. The maximum atomic E-state index is 12.1. The molecule has 1 amide bonds. The third-order valence-corrected chi connectivity index (χ3v) is 4.13. The first kappa shape index (κ1) is 14.4. The molecule has 1 N–H and O–H groups in total. The van der Waals surface area contributed by atoms with Gasteiger partial charge in [0.15, 0.2) is 6.61 Å². The molecule has 1 aliphatic carbocycles. The van der Waals surface area contributed by atoms with Gasteiger partial charge in [-0.2, -0.15) is 5.26 Å². The van der Waals surface area contributed by atoms with Gasteiger partial charge in [-0.15, -0.1) is 0 Å². The number of carbonyl (C=O) groups is 1. The Bertz CT molecular complexity index is 741. The van der Waals surface area contributed by atoms with Crippen LogP contribution < -0.4 is 10.1 Å². The van der Waals surface area contributed by atoms with Gasteiger partial charge in [0.05, 0.1) is 6.07 Å². The van der Waals surface area contributed by atoms with E-state index in [0.29, 0.717) is 5.75 Å². The average molecular weight is 294 g/mol. The standard InChI is InChI=1S/C18H18N2O2/c1-18(12-19,14-9-10-14)20-17(21)11-22-16-8-4-6-13-5-2-3-7-15(13)16/h2-8,14H,9-11H2,1H3,(H,20,21)/t18-/m1/s1. The van der Waals surface area contributed by atoms with Crippen molar-refractivity contribution in [1.29, 1.82) is 5.26 Å². The van der Waals surface area contributed by atoms with E-state index in [0.717, 1.165) is 23.6 Å². The highest BCUT2D eigenvalue weighted by Crippen LogP contribution is 2.39. The smallest absolute Gasteiger partial charge is 0.259 e. The minimum Gasteiger partial charge on any atom is -0.483 e. The van der Waals surface area contributed by atoms with Crippen molar-refractivity contribution < 1.29 is 9.53 Å². The summed E-state index contributed by atoms with van der Waals surface area (Å²) in [6.07, 6.45) is 1.99. The van der Waals surface area contributed by atoms with E-state index in [1.165, 1.54) is 0 Å². The third-order valence-electron chi connectivity index (χ3n) is 4.13. The van der Waals surface area contributed by atoms with E-state index in [4.69, 9.17) is 4.74 Å². The molecule has 4 nitrogen and oxygen atoms in total. The number of fused-ring (bicyclic) bond motifs is 1. The number of nitriles is 1. The number of hydrogen-bond acceptors (Lipinski definition) is 3. The zero-order chi connectivity index (χ0) is 15.6. The van der Waals surface area contributed by atoms with Crippen molar-refractivity contribution in [2.45, 2.75) is 25.3 Å². The summed E-state index contributed by atoms with van der Waals surface area (Å²) in [4.78, 5) is 12.1. The van der Waals surface area contributed by atoms with Gasteiger partial charge in [0, 0.05) is 5.39 Å². The molecule has 112 valence electrons. The van der Waals surface area contributed by atoms with Gasteiger partial charge in [0.1, 0.15) is 11.3 Å². The molecule has 4 heteroatoms. The van der Waals surface area contributed by atoms with Crippen LogP contribution in [0.4, 0.5) is 0 Å². The molecule has 0 radical (unpaired) electrons.